The van der Waals surface area contributed by atoms with Crippen molar-refractivity contribution in [2.24, 2.45) is 0 Å². The van der Waals surface area contributed by atoms with Crippen molar-refractivity contribution >= 4 is 5.57 Å². The highest BCUT2D eigenvalue weighted by Crippen LogP contribution is 2.57. The predicted octanol–water partition coefficient (Wildman–Crippen LogP) is 8.40. The number of para-hydroxylation sites is 3. The zero-order chi connectivity index (χ0) is 29.0. The predicted molar refractivity (Wildman–Crippen MR) is 167 cm³/mol. The molecule has 1 heterocycles. The summed E-state index contributed by atoms with van der Waals surface area (Å²) in [7, 11) is 5.13. The lowest BCUT2D eigenvalue weighted by atomic mass is 9.72. The summed E-state index contributed by atoms with van der Waals surface area (Å²) in [5, 5.41) is 0. The van der Waals surface area contributed by atoms with E-state index in [1.54, 1.807) is 21.3 Å². The van der Waals surface area contributed by atoms with Crippen molar-refractivity contribution in [3.63, 3.8) is 0 Å². The van der Waals surface area contributed by atoms with Crippen molar-refractivity contribution in [2.45, 2.75) is 17.6 Å². The van der Waals surface area contributed by atoms with Gasteiger partial charge in [-0.1, -0.05) is 115 Å². The van der Waals surface area contributed by atoms with Gasteiger partial charge in [0, 0.05) is 23.1 Å². The summed E-state index contributed by atoms with van der Waals surface area (Å²) in [5.41, 5.74) is 3.95. The van der Waals surface area contributed by atoms with E-state index in [1.807, 2.05) is 72.8 Å². The maximum Gasteiger partial charge on any atom is 0.142 e. The van der Waals surface area contributed by atoms with Crippen LogP contribution in [0.5, 0.6) is 17.2 Å². The van der Waals surface area contributed by atoms with Crippen molar-refractivity contribution in [3.8, 4) is 17.2 Å². The fourth-order valence-electron chi connectivity index (χ4n) is 6.21. The molecule has 6 rings (SSSR count). The van der Waals surface area contributed by atoms with Crippen molar-refractivity contribution < 1.29 is 18.9 Å². The normalized spacial score (nSPS) is 19.9. The van der Waals surface area contributed by atoms with Gasteiger partial charge in [-0.15, -0.1) is 0 Å². The van der Waals surface area contributed by atoms with E-state index in [1.165, 1.54) is 0 Å². The summed E-state index contributed by atoms with van der Waals surface area (Å²) < 4.78 is 25.7. The molecule has 0 aliphatic carbocycles. The summed E-state index contributed by atoms with van der Waals surface area (Å²) in [6.45, 7) is 0. The van der Waals surface area contributed by atoms with E-state index in [2.05, 4.69) is 66.7 Å². The first-order chi connectivity index (χ1) is 20.6. The Kier molecular flexibility index (Phi) is 7.56. The Bertz CT molecular complexity index is 1700. The highest BCUT2D eigenvalue weighted by atomic mass is 16.5. The molecule has 0 fully saturated rings. The van der Waals surface area contributed by atoms with Crippen LogP contribution in [-0.2, 0) is 15.9 Å². The molecular weight excluding hydrogens is 520 g/mol. The van der Waals surface area contributed by atoms with Gasteiger partial charge >= 0.3 is 0 Å². The average molecular weight is 555 g/mol. The van der Waals surface area contributed by atoms with Gasteiger partial charge in [-0.05, 0) is 41.0 Å². The Morgan fingerprint density at radius 2 is 0.976 bits per heavy atom. The molecule has 1 aliphatic rings. The topological polar surface area (TPSA) is 36.9 Å². The lowest BCUT2D eigenvalue weighted by Gasteiger charge is -2.49. The Morgan fingerprint density at radius 3 is 1.60 bits per heavy atom. The minimum absolute atomic E-state index is 0.543. The number of ether oxygens (including phenoxy) is 4. The quantitative estimate of drug-likeness (QED) is 0.193. The van der Waals surface area contributed by atoms with Crippen LogP contribution in [0.4, 0.5) is 0 Å². The molecule has 210 valence electrons. The van der Waals surface area contributed by atoms with E-state index in [0.717, 1.165) is 50.6 Å². The molecule has 0 amide bonds. The van der Waals surface area contributed by atoms with Gasteiger partial charge in [-0.25, -0.2) is 0 Å². The van der Waals surface area contributed by atoms with Crippen LogP contribution in [0.3, 0.4) is 0 Å². The van der Waals surface area contributed by atoms with Gasteiger partial charge in [0.15, 0.2) is 0 Å². The summed E-state index contributed by atoms with van der Waals surface area (Å²) in [6, 6.07) is 45.2. The van der Waals surface area contributed by atoms with E-state index in [4.69, 9.17) is 18.9 Å². The van der Waals surface area contributed by atoms with Crippen LogP contribution in [0.2, 0.25) is 0 Å². The molecule has 42 heavy (non-hydrogen) atoms. The van der Waals surface area contributed by atoms with Crippen LogP contribution >= 0.6 is 0 Å². The minimum Gasteiger partial charge on any atom is -0.496 e. The molecule has 0 radical (unpaired) electrons. The fourth-order valence-corrected chi connectivity index (χ4v) is 6.21. The minimum atomic E-state index is -1.04. The van der Waals surface area contributed by atoms with Crippen LogP contribution in [0, 0.1) is 0 Å². The standard InChI is InChI=1S/C38H34O4/c1-39-34-23-13-10-20-31(34)28-26-37(29-16-6-4-7-17-29,32-21-11-14-24-35(32)40-2)42-38(27-28,30-18-8-5-9-19-30)33-22-12-15-25-36(33)41-3/h4-26H,27H2,1-3H3. The Balaban J connectivity index is 1.77. The van der Waals surface area contributed by atoms with E-state index in [-0.39, 0.29) is 0 Å². The molecule has 1 aliphatic heterocycles. The zero-order valence-corrected chi connectivity index (χ0v) is 24.1. The summed E-state index contributed by atoms with van der Waals surface area (Å²) in [4.78, 5) is 0. The molecule has 4 heteroatoms. The van der Waals surface area contributed by atoms with Gasteiger partial charge < -0.3 is 18.9 Å². The van der Waals surface area contributed by atoms with Crippen LogP contribution < -0.4 is 14.2 Å². The maximum absolute atomic E-state index is 7.74. The van der Waals surface area contributed by atoms with Crippen LogP contribution in [0.15, 0.2) is 140 Å². The third kappa shape index (κ3) is 4.64. The SMILES string of the molecule is COc1ccccc1C1=CC(c2ccccc2)(c2ccccc2OC)OC(c2ccccc2)(c2ccccc2OC)C1. The number of methoxy groups -OCH3 is 3. The second-order valence-electron chi connectivity index (χ2n) is 10.3. The molecule has 4 nitrogen and oxygen atoms in total. The van der Waals surface area contributed by atoms with Crippen LogP contribution in [-0.4, -0.2) is 21.3 Å². The smallest absolute Gasteiger partial charge is 0.142 e. The maximum atomic E-state index is 7.74. The molecule has 0 bridgehead atoms. The molecule has 5 aromatic rings. The van der Waals surface area contributed by atoms with Crippen molar-refractivity contribution in [3.05, 3.63) is 167 Å². The summed E-state index contributed by atoms with van der Waals surface area (Å²) in [6.07, 6.45) is 2.79. The summed E-state index contributed by atoms with van der Waals surface area (Å²) >= 11 is 0. The van der Waals surface area contributed by atoms with Gasteiger partial charge in [-0.3, -0.25) is 0 Å². The molecule has 2 atom stereocenters. The van der Waals surface area contributed by atoms with E-state index in [9.17, 15) is 0 Å². The number of hydrogen-bond donors (Lipinski definition) is 0. The first-order valence-corrected chi connectivity index (χ1v) is 14.1. The molecule has 5 aromatic carbocycles. The zero-order valence-electron chi connectivity index (χ0n) is 24.1. The Hall–Kier alpha value is -4.80. The molecule has 2 unspecified atom stereocenters. The van der Waals surface area contributed by atoms with Gasteiger partial charge in [0.1, 0.15) is 28.5 Å². The number of rotatable bonds is 8. The van der Waals surface area contributed by atoms with E-state index >= 15 is 0 Å². The van der Waals surface area contributed by atoms with Gasteiger partial charge in [0.2, 0.25) is 0 Å². The third-order valence-electron chi connectivity index (χ3n) is 8.10. The number of hydrogen-bond acceptors (Lipinski definition) is 4. The van der Waals surface area contributed by atoms with Crippen molar-refractivity contribution in [2.75, 3.05) is 21.3 Å². The van der Waals surface area contributed by atoms with Crippen molar-refractivity contribution in [1.29, 1.82) is 0 Å². The lowest BCUT2D eigenvalue weighted by molar-refractivity contribution is -0.107. The first-order valence-electron chi connectivity index (χ1n) is 14.1. The molecular formula is C38H34O4. The van der Waals surface area contributed by atoms with Crippen molar-refractivity contribution in [1.82, 2.24) is 0 Å². The van der Waals surface area contributed by atoms with Crippen LogP contribution in [0.1, 0.15) is 34.2 Å². The van der Waals surface area contributed by atoms with E-state index in [0.29, 0.717) is 6.42 Å². The monoisotopic (exact) mass is 554 g/mol. The third-order valence-corrected chi connectivity index (χ3v) is 8.10. The second-order valence-corrected chi connectivity index (χ2v) is 10.3. The van der Waals surface area contributed by atoms with Gasteiger partial charge in [-0.2, -0.15) is 0 Å². The number of benzene rings is 5. The Labute approximate surface area is 247 Å². The largest absolute Gasteiger partial charge is 0.496 e. The molecule has 0 aromatic heterocycles. The van der Waals surface area contributed by atoms with Gasteiger partial charge in [0.05, 0.1) is 21.3 Å². The Morgan fingerprint density at radius 1 is 0.500 bits per heavy atom. The first kappa shape index (κ1) is 27.4. The van der Waals surface area contributed by atoms with Gasteiger partial charge in [0.25, 0.3) is 0 Å². The molecule has 0 spiro atoms. The highest BCUT2D eigenvalue weighted by Gasteiger charge is 2.51. The lowest BCUT2D eigenvalue weighted by Crippen LogP contribution is -2.45. The average Bonchev–Trinajstić information content (AvgIpc) is 3.08. The highest BCUT2D eigenvalue weighted by molar-refractivity contribution is 5.76. The molecule has 0 N–H and O–H groups in total. The second kappa shape index (κ2) is 11.6. The molecule has 0 saturated carbocycles. The molecule has 0 saturated heterocycles. The van der Waals surface area contributed by atoms with E-state index < -0.39 is 11.2 Å². The summed E-state index contributed by atoms with van der Waals surface area (Å²) in [5.74, 6) is 2.29. The van der Waals surface area contributed by atoms with Crippen LogP contribution in [0.25, 0.3) is 5.57 Å². The fraction of sp³-hybridized carbons (Fsp3) is 0.158.